The summed E-state index contributed by atoms with van der Waals surface area (Å²) in [6.45, 7) is 0. The molecule has 0 aliphatic heterocycles. The predicted octanol–water partition coefficient (Wildman–Crippen LogP) is 3.63. The highest BCUT2D eigenvalue weighted by Gasteiger charge is 2.15. The predicted molar refractivity (Wildman–Crippen MR) is 63.8 cm³/mol. The van der Waals surface area contributed by atoms with Crippen molar-refractivity contribution in [3.05, 3.63) is 59.1 Å². The number of benzene rings is 2. The lowest BCUT2D eigenvalue weighted by molar-refractivity contribution is 0.0694. The average Bonchev–Trinajstić information content (AvgIpc) is 2.33. The Morgan fingerprint density at radius 2 is 1.94 bits per heavy atom. The fourth-order valence-corrected chi connectivity index (χ4v) is 1.52. The van der Waals surface area contributed by atoms with E-state index in [2.05, 4.69) is 6.07 Å². The summed E-state index contributed by atoms with van der Waals surface area (Å²) in [5, 5.41) is 9.24. The molecule has 0 aromatic heterocycles. The van der Waals surface area contributed by atoms with Crippen molar-refractivity contribution in [2.75, 3.05) is 0 Å². The molecule has 0 saturated carbocycles. The summed E-state index contributed by atoms with van der Waals surface area (Å²) >= 11 is 5.92. The Balaban J connectivity index is 2.41. The molecule has 4 heteroatoms. The van der Waals surface area contributed by atoms with Crippen LogP contribution in [0.25, 0.3) is 0 Å². The van der Waals surface area contributed by atoms with Gasteiger partial charge in [0.1, 0.15) is 11.3 Å². The molecule has 0 fully saturated rings. The zero-order valence-corrected chi connectivity index (χ0v) is 9.44. The van der Waals surface area contributed by atoms with Gasteiger partial charge >= 0.3 is 5.97 Å². The van der Waals surface area contributed by atoms with Crippen molar-refractivity contribution in [3.8, 4) is 11.5 Å². The SMILES string of the molecule is O=C(O)c1[c]ccc(Cl)c1Oc1ccccc1. The number of carbonyl (C=O) groups is 1. The van der Waals surface area contributed by atoms with Gasteiger partial charge in [0.05, 0.1) is 5.02 Å². The Morgan fingerprint density at radius 3 is 2.59 bits per heavy atom. The van der Waals surface area contributed by atoms with E-state index >= 15 is 0 Å². The highest BCUT2D eigenvalue weighted by Crippen LogP contribution is 2.32. The molecule has 0 atom stereocenters. The average molecular weight is 248 g/mol. The van der Waals surface area contributed by atoms with Crippen molar-refractivity contribution < 1.29 is 14.6 Å². The van der Waals surface area contributed by atoms with Crippen LogP contribution in [0, 0.1) is 6.07 Å². The third kappa shape index (κ3) is 2.57. The van der Waals surface area contributed by atoms with Gasteiger partial charge in [-0.1, -0.05) is 35.9 Å². The van der Waals surface area contributed by atoms with Gasteiger partial charge in [-0.15, -0.1) is 0 Å². The molecule has 2 aromatic rings. The number of carboxylic acids is 1. The first-order valence-corrected chi connectivity index (χ1v) is 5.22. The van der Waals surface area contributed by atoms with Crippen molar-refractivity contribution >= 4 is 17.6 Å². The normalized spacial score (nSPS) is 9.94. The van der Waals surface area contributed by atoms with E-state index in [0.717, 1.165) is 0 Å². The molecule has 0 spiro atoms. The molecule has 1 radical (unpaired) electrons. The van der Waals surface area contributed by atoms with Crippen molar-refractivity contribution in [3.63, 3.8) is 0 Å². The second kappa shape index (κ2) is 4.89. The molecule has 2 aromatic carbocycles. The number of aromatic carboxylic acids is 1. The Kier molecular flexibility index (Phi) is 3.30. The molecule has 0 amide bonds. The largest absolute Gasteiger partial charge is 0.478 e. The maximum absolute atomic E-state index is 11.0. The van der Waals surface area contributed by atoms with E-state index in [0.29, 0.717) is 5.75 Å². The second-order valence-electron chi connectivity index (χ2n) is 3.25. The standard InChI is InChI=1S/C13H8ClO3/c14-11-8-4-7-10(13(15)16)12(11)17-9-5-2-1-3-6-9/h1-6,8H,(H,15,16). The Morgan fingerprint density at radius 1 is 1.24 bits per heavy atom. The van der Waals surface area contributed by atoms with Crippen LogP contribution in [-0.4, -0.2) is 11.1 Å². The van der Waals surface area contributed by atoms with Gasteiger partial charge in [0, 0.05) is 6.07 Å². The van der Waals surface area contributed by atoms with E-state index in [1.54, 1.807) is 24.3 Å². The summed E-state index contributed by atoms with van der Waals surface area (Å²) in [5.41, 5.74) is -0.0821. The van der Waals surface area contributed by atoms with Gasteiger partial charge < -0.3 is 9.84 Å². The van der Waals surface area contributed by atoms with Crippen LogP contribution in [0.15, 0.2) is 42.5 Å². The van der Waals surface area contributed by atoms with Crippen LogP contribution in [-0.2, 0) is 0 Å². The number of rotatable bonds is 3. The Hall–Kier alpha value is -2.00. The first-order valence-electron chi connectivity index (χ1n) is 4.85. The Labute approximate surface area is 103 Å². The summed E-state index contributed by atoms with van der Waals surface area (Å²) in [7, 11) is 0. The molecule has 0 heterocycles. The van der Waals surface area contributed by atoms with Gasteiger partial charge in [0.2, 0.25) is 0 Å². The minimum Gasteiger partial charge on any atom is -0.478 e. The number of ether oxygens (including phenoxy) is 1. The molecule has 85 valence electrons. The first kappa shape index (κ1) is 11.5. The fraction of sp³-hybridized carbons (Fsp3) is 0. The zero-order chi connectivity index (χ0) is 12.3. The number of carboxylic acid groups (broad SMARTS) is 1. The van der Waals surface area contributed by atoms with E-state index in [-0.39, 0.29) is 16.3 Å². The van der Waals surface area contributed by atoms with Crippen LogP contribution < -0.4 is 4.74 Å². The maximum Gasteiger partial charge on any atom is 0.340 e. The van der Waals surface area contributed by atoms with Crippen molar-refractivity contribution in [2.24, 2.45) is 0 Å². The van der Waals surface area contributed by atoms with E-state index in [4.69, 9.17) is 21.4 Å². The van der Waals surface area contributed by atoms with Crippen LogP contribution in [0.4, 0.5) is 0 Å². The minimum absolute atomic E-state index is 0.0821. The second-order valence-corrected chi connectivity index (χ2v) is 3.66. The fourth-order valence-electron chi connectivity index (χ4n) is 1.32. The van der Waals surface area contributed by atoms with Crippen LogP contribution in [0.5, 0.6) is 11.5 Å². The number of para-hydroxylation sites is 1. The molecule has 3 nitrogen and oxygen atoms in total. The summed E-state index contributed by atoms with van der Waals surface area (Å²) in [5.74, 6) is -0.497. The highest BCUT2D eigenvalue weighted by atomic mass is 35.5. The molecule has 0 unspecified atom stereocenters. The van der Waals surface area contributed by atoms with E-state index in [1.807, 2.05) is 6.07 Å². The first-order chi connectivity index (χ1) is 8.18. The van der Waals surface area contributed by atoms with E-state index < -0.39 is 5.97 Å². The third-order valence-corrected chi connectivity index (χ3v) is 2.38. The van der Waals surface area contributed by atoms with E-state index in [1.165, 1.54) is 12.1 Å². The summed E-state index contributed by atoms with van der Waals surface area (Å²) in [6, 6.07) is 14.4. The number of hydrogen-bond acceptors (Lipinski definition) is 2. The van der Waals surface area contributed by atoms with Gasteiger partial charge in [0.25, 0.3) is 0 Å². The summed E-state index contributed by atoms with van der Waals surface area (Å²) in [6.07, 6.45) is 0. The lowest BCUT2D eigenvalue weighted by Gasteiger charge is -2.09. The molecule has 0 saturated heterocycles. The molecule has 0 aliphatic carbocycles. The van der Waals surface area contributed by atoms with Gasteiger partial charge in [0.15, 0.2) is 5.75 Å². The van der Waals surface area contributed by atoms with Gasteiger partial charge in [-0.3, -0.25) is 0 Å². The van der Waals surface area contributed by atoms with Crippen molar-refractivity contribution in [1.29, 1.82) is 0 Å². The lowest BCUT2D eigenvalue weighted by Crippen LogP contribution is -2.00. The number of halogens is 1. The van der Waals surface area contributed by atoms with Crippen molar-refractivity contribution in [2.45, 2.75) is 0 Å². The summed E-state index contributed by atoms with van der Waals surface area (Å²) < 4.78 is 5.46. The van der Waals surface area contributed by atoms with Crippen LogP contribution in [0.3, 0.4) is 0 Å². The molecule has 1 N–H and O–H groups in total. The molecular formula is C13H8ClO3. The quantitative estimate of drug-likeness (QED) is 0.901. The molecule has 0 aliphatic rings. The lowest BCUT2D eigenvalue weighted by atomic mass is 10.2. The third-order valence-electron chi connectivity index (χ3n) is 2.08. The molecule has 2 rings (SSSR count). The van der Waals surface area contributed by atoms with Crippen LogP contribution in [0.1, 0.15) is 10.4 Å². The van der Waals surface area contributed by atoms with Gasteiger partial charge in [-0.25, -0.2) is 4.79 Å². The van der Waals surface area contributed by atoms with Crippen molar-refractivity contribution in [1.82, 2.24) is 0 Å². The monoisotopic (exact) mass is 247 g/mol. The molecule has 0 bridgehead atoms. The maximum atomic E-state index is 11.0. The van der Waals surface area contributed by atoms with Gasteiger partial charge in [-0.2, -0.15) is 0 Å². The highest BCUT2D eigenvalue weighted by molar-refractivity contribution is 6.32. The van der Waals surface area contributed by atoms with Crippen LogP contribution >= 0.6 is 11.6 Å². The summed E-state index contributed by atoms with van der Waals surface area (Å²) in [4.78, 5) is 11.0. The van der Waals surface area contributed by atoms with E-state index in [9.17, 15) is 4.79 Å². The minimum atomic E-state index is -1.13. The Bertz CT molecular complexity index is 538. The topological polar surface area (TPSA) is 46.5 Å². The zero-order valence-electron chi connectivity index (χ0n) is 8.68. The van der Waals surface area contributed by atoms with Crippen LogP contribution in [0.2, 0.25) is 5.02 Å². The number of hydrogen-bond donors (Lipinski definition) is 1. The van der Waals surface area contributed by atoms with Gasteiger partial charge in [-0.05, 0) is 18.2 Å². The molecule has 17 heavy (non-hydrogen) atoms. The smallest absolute Gasteiger partial charge is 0.340 e. The molecular weight excluding hydrogens is 240 g/mol.